The molecule has 1 saturated carbocycles. The standard InChI is InChI=1S/C5H11NO/c1-4-2-5(4)3-6-7/h4-7H,2-3H2,1H3. The summed E-state index contributed by atoms with van der Waals surface area (Å²) >= 11 is 0. The van der Waals surface area contributed by atoms with Gasteiger partial charge in [0, 0.05) is 6.54 Å². The third-order valence-corrected chi connectivity index (χ3v) is 1.63. The molecule has 0 spiro atoms. The maximum atomic E-state index is 8.14. The SMILES string of the molecule is CC1CC1CNO. The van der Waals surface area contributed by atoms with Crippen LogP contribution < -0.4 is 5.48 Å². The molecule has 0 heterocycles. The zero-order valence-electron chi connectivity index (χ0n) is 4.52. The maximum Gasteiger partial charge on any atom is 0.0238 e. The van der Waals surface area contributed by atoms with Crippen molar-refractivity contribution in [3.8, 4) is 0 Å². The Morgan fingerprint density at radius 1 is 1.86 bits per heavy atom. The summed E-state index contributed by atoms with van der Waals surface area (Å²) in [6.07, 6.45) is 1.29. The minimum Gasteiger partial charge on any atom is -0.317 e. The first-order valence-corrected chi connectivity index (χ1v) is 2.71. The summed E-state index contributed by atoms with van der Waals surface area (Å²) in [5.74, 6) is 1.60. The normalized spacial score (nSPS) is 38.6. The lowest BCUT2D eigenvalue weighted by molar-refractivity contribution is 0.160. The van der Waals surface area contributed by atoms with Gasteiger partial charge >= 0.3 is 0 Å². The van der Waals surface area contributed by atoms with E-state index in [9.17, 15) is 0 Å². The van der Waals surface area contributed by atoms with Crippen molar-refractivity contribution >= 4 is 0 Å². The molecular weight excluding hydrogens is 90.1 g/mol. The average molecular weight is 101 g/mol. The molecule has 2 heteroatoms. The van der Waals surface area contributed by atoms with Gasteiger partial charge in [0.25, 0.3) is 0 Å². The van der Waals surface area contributed by atoms with Gasteiger partial charge in [-0.05, 0) is 18.3 Å². The molecule has 0 aromatic rings. The molecule has 2 N–H and O–H groups in total. The van der Waals surface area contributed by atoms with Gasteiger partial charge in [0.1, 0.15) is 0 Å². The van der Waals surface area contributed by atoms with Gasteiger partial charge in [0.05, 0.1) is 0 Å². The molecule has 0 saturated heterocycles. The molecule has 1 aliphatic rings. The first kappa shape index (κ1) is 5.06. The maximum absolute atomic E-state index is 8.14. The van der Waals surface area contributed by atoms with Gasteiger partial charge in [0.15, 0.2) is 0 Å². The molecule has 0 aromatic heterocycles. The van der Waals surface area contributed by atoms with Gasteiger partial charge in [0.2, 0.25) is 0 Å². The molecule has 0 bridgehead atoms. The molecule has 2 atom stereocenters. The topological polar surface area (TPSA) is 32.3 Å². The van der Waals surface area contributed by atoms with Gasteiger partial charge < -0.3 is 5.21 Å². The monoisotopic (exact) mass is 101 g/mol. The van der Waals surface area contributed by atoms with Gasteiger partial charge in [-0.2, -0.15) is 0 Å². The molecule has 7 heavy (non-hydrogen) atoms. The van der Waals surface area contributed by atoms with Crippen LogP contribution in [0.25, 0.3) is 0 Å². The van der Waals surface area contributed by atoms with Crippen molar-refractivity contribution in [2.45, 2.75) is 13.3 Å². The fourth-order valence-corrected chi connectivity index (χ4v) is 0.801. The summed E-state index contributed by atoms with van der Waals surface area (Å²) < 4.78 is 0. The fourth-order valence-electron chi connectivity index (χ4n) is 0.801. The molecule has 0 aliphatic heterocycles. The minimum absolute atomic E-state index is 0.755. The molecule has 2 nitrogen and oxygen atoms in total. The Bertz CT molecular complexity index is 65.1. The summed E-state index contributed by atoms with van der Waals surface area (Å²) in [5, 5.41) is 8.14. The van der Waals surface area contributed by atoms with E-state index in [1.165, 1.54) is 6.42 Å². The second kappa shape index (κ2) is 1.80. The summed E-state index contributed by atoms with van der Waals surface area (Å²) in [6, 6.07) is 0. The second-order valence-electron chi connectivity index (χ2n) is 2.34. The van der Waals surface area contributed by atoms with Crippen LogP contribution in [0.2, 0.25) is 0 Å². The van der Waals surface area contributed by atoms with Crippen molar-refractivity contribution < 1.29 is 5.21 Å². The zero-order chi connectivity index (χ0) is 5.28. The minimum atomic E-state index is 0.755. The van der Waals surface area contributed by atoms with Gasteiger partial charge in [-0.15, -0.1) is 0 Å². The Hall–Kier alpha value is -0.0800. The molecular formula is C5H11NO. The smallest absolute Gasteiger partial charge is 0.0238 e. The van der Waals surface area contributed by atoms with Gasteiger partial charge in [-0.3, -0.25) is 0 Å². The summed E-state index contributed by atoms with van der Waals surface area (Å²) in [5.41, 5.74) is 2.16. The van der Waals surface area contributed by atoms with E-state index < -0.39 is 0 Å². The predicted octanol–water partition coefficient (Wildman–Crippen LogP) is 0.621. The van der Waals surface area contributed by atoms with Crippen LogP contribution in [0, 0.1) is 11.8 Å². The number of hydrogen-bond acceptors (Lipinski definition) is 2. The first-order chi connectivity index (χ1) is 3.34. The second-order valence-corrected chi connectivity index (χ2v) is 2.34. The Morgan fingerprint density at radius 3 is 2.57 bits per heavy atom. The molecule has 0 radical (unpaired) electrons. The van der Waals surface area contributed by atoms with E-state index in [1.54, 1.807) is 0 Å². The lowest BCUT2D eigenvalue weighted by Crippen LogP contribution is -2.10. The Balaban J connectivity index is 1.98. The fraction of sp³-hybridized carbons (Fsp3) is 1.00. The van der Waals surface area contributed by atoms with Crippen LogP contribution in [0.1, 0.15) is 13.3 Å². The van der Waals surface area contributed by atoms with E-state index in [2.05, 4.69) is 12.4 Å². The number of rotatable bonds is 2. The third-order valence-electron chi connectivity index (χ3n) is 1.63. The van der Waals surface area contributed by atoms with Crippen LogP contribution in [0.3, 0.4) is 0 Å². The largest absolute Gasteiger partial charge is 0.317 e. The highest BCUT2D eigenvalue weighted by Gasteiger charge is 2.31. The van der Waals surface area contributed by atoms with E-state index >= 15 is 0 Å². The van der Waals surface area contributed by atoms with Crippen LogP contribution in [0.15, 0.2) is 0 Å². The summed E-state index contributed by atoms with van der Waals surface area (Å²) in [6.45, 7) is 2.98. The van der Waals surface area contributed by atoms with E-state index in [4.69, 9.17) is 5.21 Å². The van der Waals surface area contributed by atoms with Crippen molar-refractivity contribution in [1.82, 2.24) is 5.48 Å². The van der Waals surface area contributed by atoms with Crippen LogP contribution in [0.4, 0.5) is 0 Å². The number of nitrogens with one attached hydrogen (secondary N) is 1. The molecule has 0 amide bonds. The van der Waals surface area contributed by atoms with Gasteiger partial charge in [-0.25, -0.2) is 5.48 Å². The molecule has 1 rings (SSSR count). The lowest BCUT2D eigenvalue weighted by atomic mass is 10.3. The molecule has 42 valence electrons. The lowest BCUT2D eigenvalue weighted by Gasteiger charge is -1.89. The third kappa shape index (κ3) is 1.14. The Kier molecular flexibility index (Phi) is 1.30. The highest BCUT2D eigenvalue weighted by Crippen LogP contribution is 2.36. The van der Waals surface area contributed by atoms with Crippen molar-refractivity contribution in [2.75, 3.05) is 6.54 Å². The van der Waals surface area contributed by atoms with Crippen molar-refractivity contribution in [1.29, 1.82) is 0 Å². The predicted molar refractivity (Wildman–Crippen MR) is 27.1 cm³/mol. The summed E-state index contributed by atoms with van der Waals surface area (Å²) in [7, 11) is 0. The number of hydroxylamine groups is 1. The molecule has 1 fully saturated rings. The van der Waals surface area contributed by atoms with Crippen LogP contribution in [0.5, 0.6) is 0 Å². The van der Waals surface area contributed by atoms with Crippen LogP contribution in [-0.2, 0) is 0 Å². The van der Waals surface area contributed by atoms with E-state index in [1.807, 2.05) is 0 Å². The van der Waals surface area contributed by atoms with E-state index in [-0.39, 0.29) is 0 Å². The highest BCUT2D eigenvalue weighted by atomic mass is 16.5. The Morgan fingerprint density at radius 2 is 2.43 bits per heavy atom. The number of hydrogen-bond donors (Lipinski definition) is 2. The van der Waals surface area contributed by atoms with Crippen molar-refractivity contribution in [2.24, 2.45) is 11.8 Å². The van der Waals surface area contributed by atoms with Gasteiger partial charge in [-0.1, -0.05) is 6.92 Å². The highest BCUT2D eigenvalue weighted by molar-refractivity contribution is 4.82. The van der Waals surface area contributed by atoms with E-state index in [0.717, 1.165) is 18.4 Å². The van der Waals surface area contributed by atoms with Crippen LogP contribution in [-0.4, -0.2) is 11.8 Å². The summed E-state index contributed by atoms with van der Waals surface area (Å²) in [4.78, 5) is 0. The molecule has 0 aromatic carbocycles. The van der Waals surface area contributed by atoms with Crippen molar-refractivity contribution in [3.05, 3.63) is 0 Å². The average Bonchev–Trinajstić information content (AvgIpc) is 2.22. The zero-order valence-corrected chi connectivity index (χ0v) is 4.52. The molecule has 2 unspecified atom stereocenters. The Labute approximate surface area is 43.5 Å². The van der Waals surface area contributed by atoms with Crippen LogP contribution >= 0.6 is 0 Å². The molecule has 1 aliphatic carbocycles. The van der Waals surface area contributed by atoms with Crippen molar-refractivity contribution in [3.63, 3.8) is 0 Å². The van der Waals surface area contributed by atoms with E-state index in [0.29, 0.717) is 0 Å². The first-order valence-electron chi connectivity index (χ1n) is 2.71. The quantitative estimate of drug-likeness (QED) is 0.500.